The predicted octanol–water partition coefficient (Wildman–Crippen LogP) is 6.69. The van der Waals surface area contributed by atoms with Gasteiger partial charge < -0.3 is 14.9 Å². The summed E-state index contributed by atoms with van der Waals surface area (Å²) < 4.78 is 94.1. The van der Waals surface area contributed by atoms with Crippen LogP contribution in [-0.4, -0.2) is 46.4 Å². The van der Waals surface area contributed by atoms with E-state index in [1.54, 1.807) is 6.92 Å². The summed E-state index contributed by atoms with van der Waals surface area (Å²) in [5, 5.41) is 9.79. The highest BCUT2D eigenvalue weighted by Gasteiger charge is 2.40. The van der Waals surface area contributed by atoms with Crippen LogP contribution in [0.25, 0.3) is 0 Å². The van der Waals surface area contributed by atoms with Crippen molar-refractivity contribution in [2.45, 2.75) is 64.2 Å². The summed E-state index contributed by atoms with van der Waals surface area (Å²) in [6.45, 7) is 4.29. The van der Waals surface area contributed by atoms with Gasteiger partial charge in [0.1, 0.15) is 11.9 Å². The largest absolute Gasteiger partial charge is 0.416 e. The van der Waals surface area contributed by atoms with Gasteiger partial charge in [-0.15, -0.1) is 0 Å². The molecule has 2 amide bonds. The number of hydrogen-bond donors (Lipinski definition) is 1. The van der Waals surface area contributed by atoms with Crippen LogP contribution in [0.15, 0.2) is 36.4 Å². The Morgan fingerprint density at radius 3 is 2.05 bits per heavy atom. The monoisotopic (exact) mass is 562 g/mol. The van der Waals surface area contributed by atoms with Crippen molar-refractivity contribution in [3.05, 3.63) is 70.0 Å². The number of halogens is 7. The molecule has 1 unspecified atom stereocenters. The van der Waals surface area contributed by atoms with Crippen LogP contribution in [0, 0.1) is 18.7 Å². The van der Waals surface area contributed by atoms with Crippen molar-refractivity contribution < 1.29 is 45.4 Å². The van der Waals surface area contributed by atoms with Crippen molar-refractivity contribution in [1.29, 1.82) is 0 Å². The van der Waals surface area contributed by atoms with E-state index < -0.39 is 65.2 Å². The molecule has 0 aliphatic carbocycles. The number of rotatable bonds is 5. The molecule has 4 atom stereocenters. The van der Waals surface area contributed by atoms with Crippen LogP contribution < -0.4 is 0 Å². The summed E-state index contributed by atoms with van der Waals surface area (Å²) in [4.78, 5) is 28.6. The number of hydrogen-bond acceptors (Lipinski definition) is 3. The number of carbonyl (C=O) groups is 2. The fraction of sp³-hybridized carbons (Fsp3) is 0.481. The van der Waals surface area contributed by atoms with Crippen molar-refractivity contribution in [1.82, 2.24) is 9.80 Å². The van der Waals surface area contributed by atoms with E-state index in [-0.39, 0.29) is 31.0 Å². The minimum atomic E-state index is -5.04. The van der Waals surface area contributed by atoms with Gasteiger partial charge in [-0.05, 0) is 80.6 Å². The highest BCUT2D eigenvalue weighted by Crippen LogP contribution is 2.40. The van der Waals surface area contributed by atoms with E-state index in [0.29, 0.717) is 23.3 Å². The first kappa shape index (κ1) is 30.4. The van der Waals surface area contributed by atoms with Gasteiger partial charge in [0.15, 0.2) is 5.78 Å². The van der Waals surface area contributed by atoms with Crippen LogP contribution in [0.5, 0.6) is 0 Å². The smallest absolute Gasteiger partial charge is 0.386 e. The van der Waals surface area contributed by atoms with Gasteiger partial charge in [-0.3, -0.25) is 4.79 Å². The lowest BCUT2D eigenvalue weighted by Gasteiger charge is -2.43. The molecule has 3 rings (SSSR count). The van der Waals surface area contributed by atoms with Crippen LogP contribution in [0.1, 0.15) is 66.6 Å². The van der Waals surface area contributed by atoms with Crippen LogP contribution in [-0.2, 0) is 17.1 Å². The van der Waals surface area contributed by atoms with E-state index >= 15 is 0 Å². The van der Waals surface area contributed by atoms with Gasteiger partial charge in [-0.25, -0.2) is 9.18 Å². The third-order valence-electron chi connectivity index (χ3n) is 7.23. The van der Waals surface area contributed by atoms with Crippen molar-refractivity contribution in [3.8, 4) is 0 Å². The number of carbonyl (C=O) groups excluding carboxylic acids is 2. The van der Waals surface area contributed by atoms with Gasteiger partial charge in [-0.1, -0.05) is 6.07 Å². The second-order valence-corrected chi connectivity index (χ2v) is 9.92. The maximum atomic E-state index is 13.8. The standard InChI is InChI=1S/C27H29F7N2O3/c1-14-9-21(28)5-6-22(14)23-12-17(24(38)16(3)37)7-8-36(23)25(39)35(4)15(2)18-10-19(26(29,30)31)13-20(11-18)27(32,33)34/h5-6,9-11,13,15-17,23,37H,7-8,12H2,1-4H3/t15-,16?,17+,23-/m0/s1. The van der Waals surface area contributed by atoms with Gasteiger partial charge in [0, 0.05) is 19.5 Å². The highest BCUT2D eigenvalue weighted by atomic mass is 19.4. The predicted molar refractivity (Wildman–Crippen MR) is 128 cm³/mol. The molecule has 1 N–H and O–H groups in total. The number of nitrogens with zero attached hydrogens (tertiary/aromatic N) is 2. The van der Waals surface area contributed by atoms with Crippen molar-refractivity contribution >= 4 is 11.8 Å². The molecule has 2 aromatic rings. The van der Waals surface area contributed by atoms with E-state index in [1.165, 1.54) is 44.0 Å². The zero-order valence-electron chi connectivity index (χ0n) is 21.7. The number of piperidine rings is 1. The molecule has 0 bridgehead atoms. The molecule has 0 saturated carbocycles. The number of Topliss-reactive ketones (excluding diaryl/α,β-unsaturated/α-hetero) is 1. The zero-order chi connectivity index (χ0) is 29.4. The lowest BCUT2D eigenvalue weighted by atomic mass is 9.82. The number of benzene rings is 2. The number of ketones is 1. The summed E-state index contributed by atoms with van der Waals surface area (Å²) in [6.07, 6.45) is -11.0. The molecule has 214 valence electrons. The Hall–Kier alpha value is -3.15. The topological polar surface area (TPSA) is 60.9 Å². The molecular weight excluding hydrogens is 533 g/mol. The number of likely N-dealkylation sites (tertiary alicyclic amines) is 1. The number of amides is 2. The first-order valence-electron chi connectivity index (χ1n) is 12.2. The number of alkyl halides is 6. The summed E-state index contributed by atoms with van der Waals surface area (Å²) in [5.41, 5.74) is -2.31. The maximum Gasteiger partial charge on any atom is 0.416 e. The fourth-order valence-electron chi connectivity index (χ4n) is 4.91. The number of urea groups is 1. The van der Waals surface area contributed by atoms with E-state index in [2.05, 4.69) is 0 Å². The van der Waals surface area contributed by atoms with Crippen LogP contribution in [0.3, 0.4) is 0 Å². The first-order valence-corrected chi connectivity index (χ1v) is 12.2. The highest BCUT2D eigenvalue weighted by molar-refractivity contribution is 5.85. The second kappa shape index (κ2) is 11.1. The van der Waals surface area contributed by atoms with E-state index in [9.17, 15) is 45.4 Å². The molecule has 1 heterocycles. The molecule has 1 saturated heterocycles. The molecule has 39 heavy (non-hydrogen) atoms. The third kappa shape index (κ3) is 6.71. The Labute approximate surface area is 221 Å². The molecule has 5 nitrogen and oxygen atoms in total. The normalized spacial score (nSPS) is 19.9. The summed E-state index contributed by atoms with van der Waals surface area (Å²) in [7, 11) is 1.27. The fourth-order valence-corrected chi connectivity index (χ4v) is 4.91. The Kier molecular flexibility index (Phi) is 8.69. The lowest BCUT2D eigenvalue weighted by molar-refractivity contribution is -0.143. The van der Waals surface area contributed by atoms with Gasteiger partial charge in [0.05, 0.1) is 23.2 Å². The van der Waals surface area contributed by atoms with Gasteiger partial charge in [0.2, 0.25) is 0 Å². The number of aryl methyl sites for hydroxylation is 1. The van der Waals surface area contributed by atoms with E-state index in [4.69, 9.17) is 0 Å². The van der Waals surface area contributed by atoms with Gasteiger partial charge in [0.25, 0.3) is 0 Å². The Balaban J connectivity index is 1.99. The summed E-state index contributed by atoms with van der Waals surface area (Å²) in [6, 6.07) is 2.48. The Morgan fingerprint density at radius 1 is 1.00 bits per heavy atom. The maximum absolute atomic E-state index is 13.8. The number of aliphatic hydroxyl groups excluding tert-OH is 1. The molecule has 1 aliphatic heterocycles. The Bertz CT molecular complexity index is 1190. The lowest BCUT2D eigenvalue weighted by Crippen LogP contribution is -2.49. The van der Waals surface area contributed by atoms with Crippen molar-refractivity contribution in [2.24, 2.45) is 5.92 Å². The minimum absolute atomic E-state index is 0.0231. The summed E-state index contributed by atoms with van der Waals surface area (Å²) in [5.74, 6) is -1.54. The average Bonchev–Trinajstić information content (AvgIpc) is 2.85. The van der Waals surface area contributed by atoms with Crippen molar-refractivity contribution in [2.75, 3.05) is 13.6 Å². The van der Waals surface area contributed by atoms with Crippen molar-refractivity contribution in [3.63, 3.8) is 0 Å². The first-order chi connectivity index (χ1) is 17.9. The number of aliphatic hydroxyl groups is 1. The third-order valence-corrected chi connectivity index (χ3v) is 7.23. The van der Waals surface area contributed by atoms with Crippen LogP contribution in [0.4, 0.5) is 35.5 Å². The quantitative estimate of drug-likeness (QED) is 0.414. The second-order valence-electron chi connectivity index (χ2n) is 9.92. The molecule has 0 aromatic heterocycles. The molecule has 0 radical (unpaired) electrons. The molecule has 2 aromatic carbocycles. The minimum Gasteiger partial charge on any atom is -0.386 e. The SMILES string of the molecule is Cc1cc(F)ccc1[C@@H]1C[C@H](C(=O)C(C)O)CCN1C(=O)N(C)[C@@H](C)c1cc(C(F)(F)F)cc(C(F)(F)F)c1. The van der Waals surface area contributed by atoms with E-state index in [1.807, 2.05) is 0 Å². The Morgan fingerprint density at radius 2 is 1.56 bits per heavy atom. The molecule has 12 heteroatoms. The van der Waals surface area contributed by atoms with Crippen LogP contribution in [0.2, 0.25) is 0 Å². The van der Waals surface area contributed by atoms with Gasteiger partial charge in [-0.2, -0.15) is 26.3 Å². The zero-order valence-corrected chi connectivity index (χ0v) is 21.7. The van der Waals surface area contributed by atoms with Gasteiger partial charge >= 0.3 is 18.4 Å². The molecule has 0 spiro atoms. The van der Waals surface area contributed by atoms with Crippen LogP contribution >= 0.6 is 0 Å². The summed E-state index contributed by atoms with van der Waals surface area (Å²) >= 11 is 0. The van der Waals surface area contributed by atoms with E-state index in [0.717, 1.165) is 4.90 Å². The molecular formula is C27H29F7N2O3. The average molecular weight is 563 g/mol. The molecule has 1 fully saturated rings. The molecule has 1 aliphatic rings.